The van der Waals surface area contributed by atoms with Gasteiger partial charge in [0.25, 0.3) is 0 Å². The van der Waals surface area contributed by atoms with Crippen LogP contribution in [0.1, 0.15) is 31.2 Å². The molecule has 1 amide bonds. The van der Waals surface area contributed by atoms with Gasteiger partial charge in [-0.05, 0) is 50.6 Å². The number of piperidine rings is 1. The summed E-state index contributed by atoms with van der Waals surface area (Å²) in [6.07, 6.45) is 5.08. The van der Waals surface area contributed by atoms with E-state index in [1.807, 2.05) is 22.9 Å². The molecule has 1 aromatic rings. The van der Waals surface area contributed by atoms with Gasteiger partial charge in [-0.1, -0.05) is 30.3 Å². The van der Waals surface area contributed by atoms with E-state index < -0.39 is 9.84 Å². The first kappa shape index (κ1) is 19.4. The summed E-state index contributed by atoms with van der Waals surface area (Å²) >= 11 is 0. The van der Waals surface area contributed by atoms with E-state index in [-0.39, 0.29) is 23.5 Å². The van der Waals surface area contributed by atoms with Gasteiger partial charge in [-0.25, -0.2) is 8.42 Å². The van der Waals surface area contributed by atoms with Crippen molar-refractivity contribution in [1.82, 2.24) is 9.80 Å². The molecule has 144 valence electrons. The lowest BCUT2D eigenvalue weighted by Gasteiger charge is -2.34. The van der Waals surface area contributed by atoms with Gasteiger partial charge in [-0.2, -0.15) is 0 Å². The Morgan fingerprint density at radius 2 is 1.85 bits per heavy atom. The Kier molecular flexibility index (Phi) is 6.35. The molecule has 26 heavy (non-hydrogen) atoms. The van der Waals surface area contributed by atoms with Crippen LogP contribution in [0, 0.1) is 5.92 Å². The summed E-state index contributed by atoms with van der Waals surface area (Å²) in [7, 11) is -1.03. The van der Waals surface area contributed by atoms with Gasteiger partial charge in [-0.15, -0.1) is 0 Å². The van der Waals surface area contributed by atoms with Crippen molar-refractivity contribution in [3.63, 3.8) is 0 Å². The smallest absolute Gasteiger partial charge is 0.236 e. The van der Waals surface area contributed by atoms with Crippen molar-refractivity contribution in [1.29, 1.82) is 0 Å². The van der Waals surface area contributed by atoms with E-state index in [1.165, 1.54) is 12.0 Å². The molecule has 0 spiro atoms. The van der Waals surface area contributed by atoms with Gasteiger partial charge in [0.15, 0.2) is 9.84 Å². The van der Waals surface area contributed by atoms with Crippen molar-refractivity contribution in [3.8, 4) is 0 Å². The van der Waals surface area contributed by atoms with Crippen LogP contribution in [0.3, 0.4) is 0 Å². The monoisotopic (exact) mass is 378 g/mol. The molecule has 2 heterocycles. The minimum absolute atomic E-state index is 0.00707. The number of sulfone groups is 1. The van der Waals surface area contributed by atoms with Crippen LogP contribution in [0.4, 0.5) is 0 Å². The fraction of sp³-hybridized carbons (Fsp3) is 0.650. The Hall–Kier alpha value is -1.40. The number of hydrogen-bond donors (Lipinski definition) is 0. The molecule has 1 atom stereocenters. The number of hydrogen-bond acceptors (Lipinski definition) is 4. The molecule has 0 aliphatic carbocycles. The summed E-state index contributed by atoms with van der Waals surface area (Å²) in [6.45, 7) is 1.99. The highest BCUT2D eigenvalue weighted by Crippen LogP contribution is 2.23. The van der Waals surface area contributed by atoms with E-state index in [4.69, 9.17) is 0 Å². The van der Waals surface area contributed by atoms with Crippen molar-refractivity contribution in [2.45, 2.75) is 38.1 Å². The molecular formula is C20H30N2O3S. The van der Waals surface area contributed by atoms with Gasteiger partial charge in [0.05, 0.1) is 18.1 Å². The molecular weight excluding hydrogens is 348 g/mol. The summed E-state index contributed by atoms with van der Waals surface area (Å²) in [4.78, 5) is 16.4. The maximum Gasteiger partial charge on any atom is 0.236 e. The Morgan fingerprint density at radius 3 is 2.46 bits per heavy atom. The van der Waals surface area contributed by atoms with Crippen LogP contribution < -0.4 is 0 Å². The standard InChI is InChI=1S/C20H30N2O3S/c1-21(19-11-14-26(24,25)16-19)15-20(23)22-12-9-18(10-13-22)8-7-17-5-3-2-4-6-17/h2-6,18-19H,7-16H2,1H3/t19-/m1/s1. The average Bonchev–Trinajstić information content (AvgIpc) is 3.01. The fourth-order valence-corrected chi connectivity index (χ4v) is 5.86. The van der Waals surface area contributed by atoms with E-state index in [0.717, 1.165) is 32.4 Å². The molecule has 0 unspecified atom stereocenters. The van der Waals surface area contributed by atoms with Gasteiger partial charge < -0.3 is 4.90 Å². The van der Waals surface area contributed by atoms with Gasteiger partial charge in [0, 0.05) is 19.1 Å². The zero-order valence-electron chi connectivity index (χ0n) is 15.6. The molecule has 5 nitrogen and oxygen atoms in total. The number of carbonyl (C=O) groups excluding carboxylic acids is 1. The lowest BCUT2D eigenvalue weighted by molar-refractivity contribution is -0.133. The zero-order chi connectivity index (χ0) is 18.6. The fourth-order valence-electron chi connectivity index (χ4n) is 4.05. The van der Waals surface area contributed by atoms with E-state index in [1.54, 1.807) is 0 Å². The Morgan fingerprint density at radius 1 is 1.15 bits per heavy atom. The van der Waals surface area contributed by atoms with Crippen molar-refractivity contribution >= 4 is 15.7 Å². The van der Waals surface area contributed by atoms with Crippen LogP contribution >= 0.6 is 0 Å². The van der Waals surface area contributed by atoms with Crippen LogP contribution in [0.5, 0.6) is 0 Å². The Balaban J connectivity index is 1.39. The number of likely N-dealkylation sites (N-methyl/N-ethyl adjacent to an activating group) is 1. The minimum atomic E-state index is -2.90. The summed E-state index contributed by atoms with van der Waals surface area (Å²) in [5.74, 6) is 1.27. The number of benzene rings is 1. The van der Waals surface area contributed by atoms with Crippen LogP contribution in [-0.4, -0.2) is 68.4 Å². The second-order valence-electron chi connectivity index (χ2n) is 7.82. The SMILES string of the molecule is CN(CC(=O)N1CCC(CCc2ccccc2)CC1)[C@@H]1CCS(=O)(=O)C1. The molecule has 0 saturated carbocycles. The van der Waals surface area contributed by atoms with Crippen molar-refractivity contribution in [2.75, 3.05) is 38.2 Å². The number of amides is 1. The summed E-state index contributed by atoms with van der Waals surface area (Å²) in [5.41, 5.74) is 1.39. The van der Waals surface area contributed by atoms with Crippen LogP contribution in [0.2, 0.25) is 0 Å². The molecule has 2 aliphatic heterocycles. The number of aryl methyl sites for hydroxylation is 1. The molecule has 6 heteroatoms. The highest BCUT2D eigenvalue weighted by Gasteiger charge is 2.32. The van der Waals surface area contributed by atoms with Gasteiger partial charge in [-0.3, -0.25) is 9.69 Å². The van der Waals surface area contributed by atoms with Crippen molar-refractivity contribution in [2.24, 2.45) is 5.92 Å². The van der Waals surface area contributed by atoms with Gasteiger partial charge in [0.2, 0.25) is 5.91 Å². The number of carbonyl (C=O) groups is 1. The zero-order valence-corrected chi connectivity index (χ0v) is 16.5. The predicted molar refractivity (Wildman–Crippen MR) is 104 cm³/mol. The largest absolute Gasteiger partial charge is 0.342 e. The highest BCUT2D eigenvalue weighted by atomic mass is 32.2. The topological polar surface area (TPSA) is 57.7 Å². The van der Waals surface area contributed by atoms with E-state index >= 15 is 0 Å². The predicted octanol–water partition coefficient (Wildman–Crippen LogP) is 1.98. The molecule has 0 bridgehead atoms. The molecule has 0 N–H and O–H groups in total. The van der Waals surface area contributed by atoms with Gasteiger partial charge >= 0.3 is 0 Å². The average molecular weight is 379 g/mol. The van der Waals surface area contributed by atoms with Gasteiger partial charge in [0.1, 0.15) is 0 Å². The quantitative estimate of drug-likeness (QED) is 0.759. The molecule has 1 aromatic carbocycles. The second kappa shape index (κ2) is 8.53. The first-order valence-electron chi connectivity index (χ1n) is 9.65. The molecule has 0 aromatic heterocycles. The van der Waals surface area contributed by atoms with Crippen molar-refractivity contribution < 1.29 is 13.2 Å². The molecule has 3 rings (SSSR count). The first-order valence-corrected chi connectivity index (χ1v) is 11.5. The number of rotatable bonds is 6. The molecule has 2 saturated heterocycles. The summed E-state index contributed by atoms with van der Waals surface area (Å²) in [5, 5.41) is 0. The van der Waals surface area contributed by atoms with Crippen LogP contribution in [-0.2, 0) is 21.1 Å². The van der Waals surface area contributed by atoms with E-state index in [9.17, 15) is 13.2 Å². The third-order valence-corrected chi connectivity index (χ3v) is 7.62. The maximum absolute atomic E-state index is 12.5. The third-order valence-electron chi connectivity index (χ3n) is 5.87. The first-order chi connectivity index (χ1) is 12.4. The van der Waals surface area contributed by atoms with Crippen LogP contribution in [0.15, 0.2) is 30.3 Å². The molecule has 0 radical (unpaired) electrons. The molecule has 2 fully saturated rings. The second-order valence-corrected chi connectivity index (χ2v) is 10.0. The maximum atomic E-state index is 12.5. The number of likely N-dealkylation sites (tertiary alicyclic amines) is 1. The minimum Gasteiger partial charge on any atom is -0.342 e. The molecule has 2 aliphatic rings. The van der Waals surface area contributed by atoms with E-state index in [2.05, 4.69) is 24.3 Å². The Bertz CT molecular complexity index is 697. The normalized spacial score (nSPS) is 23.5. The number of nitrogens with zero attached hydrogens (tertiary/aromatic N) is 2. The lowest BCUT2D eigenvalue weighted by atomic mass is 9.90. The Labute approximate surface area is 157 Å². The third kappa shape index (κ3) is 5.30. The lowest BCUT2D eigenvalue weighted by Crippen LogP contribution is -2.46. The summed E-state index contributed by atoms with van der Waals surface area (Å²) in [6, 6.07) is 10.6. The van der Waals surface area contributed by atoms with E-state index in [0.29, 0.717) is 18.9 Å². The van der Waals surface area contributed by atoms with Crippen molar-refractivity contribution in [3.05, 3.63) is 35.9 Å². The summed E-state index contributed by atoms with van der Waals surface area (Å²) < 4.78 is 23.2. The highest BCUT2D eigenvalue weighted by molar-refractivity contribution is 7.91. The van der Waals surface area contributed by atoms with Crippen LogP contribution in [0.25, 0.3) is 0 Å².